The van der Waals surface area contributed by atoms with E-state index in [0.29, 0.717) is 18.3 Å². The molecule has 0 saturated carbocycles. The quantitative estimate of drug-likeness (QED) is 0.783. The molecule has 0 bridgehead atoms. The molecule has 0 spiro atoms. The second kappa shape index (κ2) is 5.77. The van der Waals surface area contributed by atoms with E-state index >= 15 is 0 Å². The fourth-order valence-electron chi connectivity index (χ4n) is 1.37. The Balaban J connectivity index is 1.87. The molecule has 0 aromatic carbocycles. The number of nitrogens with zero attached hydrogens (tertiary/aromatic N) is 2. The van der Waals surface area contributed by atoms with Crippen LogP contribution in [0.5, 0.6) is 0 Å². The number of nitrogens with one attached hydrogen (secondary N) is 1. The van der Waals surface area contributed by atoms with Gasteiger partial charge in [-0.25, -0.2) is 0 Å². The lowest BCUT2D eigenvalue weighted by atomic mass is 10.3. The third-order valence-corrected chi connectivity index (χ3v) is 2.99. The van der Waals surface area contributed by atoms with Crippen LogP contribution in [0.1, 0.15) is 30.0 Å². The summed E-state index contributed by atoms with van der Waals surface area (Å²) in [5, 5.41) is 13.3. The van der Waals surface area contributed by atoms with Crippen molar-refractivity contribution in [3.8, 4) is 0 Å². The minimum Gasteiger partial charge on any atom is -0.423 e. The Morgan fingerprint density at radius 1 is 1.38 bits per heavy atom. The van der Waals surface area contributed by atoms with E-state index in [1.807, 2.05) is 6.07 Å². The summed E-state index contributed by atoms with van der Waals surface area (Å²) in [6.07, 6.45) is 1.84. The Hall–Kier alpha value is -1.20. The van der Waals surface area contributed by atoms with E-state index in [4.69, 9.17) is 4.42 Å². The number of hydrogen-bond acceptors (Lipinski definition) is 5. The molecule has 0 atom stereocenters. The minimum absolute atomic E-state index is 0.658. The van der Waals surface area contributed by atoms with Gasteiger partial charge in [0.05, 0.1) is 13.0 Å². The molecule has 5 heteroatoms. The molecular weight excluding hydrogens is 222 g/mol. The summed E-state index contributed by atoms with van der Waals surface area (Å²) in [7, 11) is 0. The zero-order valence-corrected chi connectivity index (χ0v) is 10.1. The van der Waals surface area contributed by atoms with Gasteiger partial charge >= 0.3 is 0 Å². The van der Waals surface area contributed by atoms with Crippen molar-refractivity contribution in [1.29, 1.82) is 0 Å². The second-order valence-electron chi connectivity index (χ2n) is 3.52. The maximum absolute atomic E-state index is 5.53. The molecular formula is C11H15N3OS. The van der Waals surface area contributed by atoms with Gasteiger partial charge in [-0.15, -0.1) is 21.5 Å². The van der Waals surface area contributed by atoms with E-state index in [1.165, 1.54) is 4.88 Å². The molecule has 1 N–H and O–H groups in total. The van der Waals surface area contributed by atoms with E-state index in [2.05, 4.69) is 33.9 Å². The maximum atomic E-state index is 5.53. The van der Waals surface area contributed by atoms with Crippen molar-refractivity contribution in [2.75, 3.05) is 6.54 Å². The monoisotopic (exact) mass is 237 g/mol. The van der Waals surface area contributed by atoms with Crippen LogP contribution in [-0.4, -0.2) is 16.7 Å². The van der Waals surface area contributed by atoms with Gasteiger partial charge in [-0.3, -0.25) is 0 Å². The predicted molar refractivity (Wildman–Crippen MR) is 63.4 cm³/mol. The summed E-state index contributed by atoms with van der Waals surface area (Å²) in [5.41, 5.74) is 0. The maximum Gasteiger partial charge on any atom is 0.230 e. The molecule has 86 valence electrons. The molecule has 2 heterocycles. The Morgan fingerprint density at radius 2 is 2.25 bits per heavy atom. The van der Waals surface area contributed by atoms with Crippen molar-refractivity contribution in [2.24, 2.45) is 0 Å². The number of rotatable bonds is 6. The van der Waals surface area contributed by atoms with Crippen LogP contribution in [0.15, 0.2) is 21.9 Å². The number of aromatic nitrogens is 2. The van der Waals surface area contributed by atoms with Crippen LogP contribution in [0.2, 0.25) is 0 Å². The molecule has 0 aliphatic heterocycles. The predicted octanol–water partition coefficient (Wildman–Crippen LogP) is 2.22. The average molecular weight is 237 g/mol. The van der Waals surface area contributed by atoms with Crippen molar-refractivity contribution in [3.63, 3.8) is 0 Å². The first-order chi connectivity index (χ1) is 7.88. The minimum atomic E-state index is 0.658. The van der Waals surface area contributed by atoms with Crippen LogP contribution < -0.4 is 5.32 Å². The number of thiophene rings is 1. The third-order valence-electron chi connectivity index (χ3n) is 2.12. The van der Waals surface area contributed by atoms with Crippen LogP contribution in [-0.2, 0) is 13.0 Å². The molecule has 0 aliphatic carbocycles. The zero-order valence-electron chi connectivity index (χ0n) is 9.27. The van der Waals surface area contributed by atoms with Crippen molar-refractivity contribution in [3.05, 3.63) is 34.2 Å². The fourth-order valence-corrected chi connectivity index (χ4v) is 2.06. The summed E-state index contributed by atoms with van der Waals surface area (Å²) < 4.78 is 5.53. The Morgan fingerprint density at radius 3 is 3.00 bits per heavy atom. The highest BCUT2D eigenvalue weighted by Crippen LogP contribution is 2.13. The SMILES string of the molecule is CCCNCc1nnc(Cc2cccs2)o1. The Kier molecular flexibility index (Phi) is 4.07. The molecule has 0 amide bonds. The smallest absolute Gasteiger partial charge is 0.230 e. The molecule has 0 fully saturated rings. The second-order valence-corrected chi connectivity index (χ2v) is 4.55. The summed E-state index contributed by atoms with van der Waals surface area (Å²) >= 11 is 1.71. The van der Waals surface area contributed by atoms with Gasteiger partial charge in [0, 0.05) is 4.88 Å². The molecule has 0 radical (unpaired) electrons. The lowest BCUT2D eigenvalue weighted by molar-refractivity contribution is 0.439. The number of hydrogen-bond donors (Lipinski definition) is 1. The fraction of sp³-hybridized carbons (Fsp3) is 0.455. The topological polar surface area (TPSA) is 51.0 Å². The lowest BCUT2D eigenvalue weighted by Gasteiger charge is -1.96. The van der Waals surface area contributed by atoms with E-state index in [0.717, 1.165) is 19.4 Å². The Bertz CT molecular complexity index is 411. The normalized spacial score (nSPS) is 10.8. The third kappa shape index (κ3) is 3.15. The molecule has 0 unspecified atom stereocenters. The first-order valence-electron chi connectivity index (χ1n) is 5.43. The first kappa shape index (κ1) is 11.3. The molecule has 0 aliphatic rings. The van der Waals surface area contributed by atoms with Gasteiger partial charge in [0.2, 0.25) is 11.8 Å². The largest absolute Gasteiger partial charge is 0.423 e. The van der Waals surface area contributed by atoms with E-state index in [-0.39, 0.29) is 0 Å². The van der Waals surface area contributed by atoms with Crippen molar-refractivity contribution in [2.45, 2.75) is 26.3 Å². The highest BCUT2D eigenvalue weighted by molar-refractivity contribution is 7.09. The van der Waals surface area contributed by atoms with Crippen LogP contribution in [0, 0.1) is 0 Å². The van der Waals surface area contributed by atoms with Gasteiger partial charge in [-0.1, -0.05) is 13.0 Å². The molecule has 4 nitrogen and oxygen atoms in total. The van der Waals surface area contributed by atoms with Crippen LogP contribution in [0.4, 0.5) is 0 Å². The van der Waals surface area contributed by atoms with Crippen molar-refractivity contribution >= 4 is 11.3 Å². The summed E-state index contributed by atoms with van der Waals surface area (Å²) in [6.45, 7) is 3.76. The van der Waals surface area contributed by atoms with Gasteiger partial charge in [-0.05, 0) is 24.4 Å². The van der Waals surface area contributed by atoms with Crippen molar-refractivity contribution < 1.29 is 4.42 Å². The van der Waals surface area contributed by atoms with Gasteiger partial charge in [-0.2, -0.15) is 0 Å². The molecule has 2 aromatic heterocycles. The highest BCUT2D eigenvalue weighted by atomic mass is 32.1. The molecule has 16 heavy (non-hydrogen) atoms. The van der Waals surface area contributed by atoms with Gasteiger partial charge < -0.3 is 9.73 Å². The van der Waals surface area contributed by atoms with Crippen LogP contribution in [0.25, 0.3) is 0 Å². The molecule has 2 aromatic rings. The summed E-state index contributed by atoms with van der Waals surface area (Å²) in [5.74, 6) is 1.36. The van der Waals surface area contributed by atoms with E-state index in [1.54, 1.807) is 11.3 Å². The van der Waals surface area contributed by atoms with E-state index in [9.17, 15) is 0 Å². The summed E-state index contributed by atoms with van der Waals surface area (Å²) in [6, 6.07) is 4.10. The van der Waals surface area contributed by atoms with E-state index < -0.39 is 0 Å². The van der Waals surface area contributed by atoms with Gasteiger partial charge in [0.1, 0.15) is 0 Å². The molecule has 0 saturated heterocycles. The first-order valence-corrected chi connectivity index (χ1v) is 6.31. The summed E-state index contributed by atoms with van der Waals surface area (Å²) in [4.78, 5) is 1.25. The van der Waals surface area contributed by atoms with Gasteiger partial charge in [0.25, 0.3) is 0 Å². The van der Waals surface area contributed by atoms with Crippen LogP contribution >= 0.6 is 11.3 Å². The molecule has 2 rings (SSSR count). The highest BCUT2D eigenvalue weighted by Gasteiger charge is 2.06. The standard InChI is InChI=1S/C11H15N3OS/c1-2-5-12-8-11-14-13-10(15-11)7-9-4-3-6-16-9/h3-4,6,12H,2,5,7-8H2,1H3. The van der Waals surface area contributed by atoms with Crippen LogP contribution in [0.3, 0.4) is 0 Å². The van der Waals surface area contributed by atoms with Gasteiger partial charge in [0.15, 0.2) is 0 Å². The van der Waals surface area contributed by atoms with Crippen molar-refractivity contribution in [1.82, 2.24) is 15.5 Å². The average Bonchev–Trinajstić information content (AvgIpc) is 2.91. The lowest BCUT2D eigenvalue weighted by Crippen LogP contribution is -2.13. The zero-order chi connectivity index (χ0) is 11.2. The Labute approximate surface area is 98.7 Å².